The number of rotatable bonds is 5. The van der Waals surface area contributed by atoms with Crippen molar-refractivity contribution in [3.05, 3.63) is 29.3 Å². The number of carbonyl (C=O) groups excluding carboxylic acids is 1. The van der Waals surface area contributed by atoms with Gasteiger partial charge in [0, 0.05) is 20.6 Å². The maximum Gasteiger partial charge on any atom is 0.335 e. The second kappa shape index (κ2) is 6.57. The fraction of sp³-hybridized carbons (Fsp3) is 0.357. The molecule has 1 amide bonds. The Morgan fingerprint density at radius 1 is 1.50 bits per heavy atom. The number of hydrogen-bond donors (Lipinski definition) is 2. The molecule has 106 valence electrons. The van der Waals surface area contributed by atoms with Gasteiger partial charge in [-0.3, -0.25) is 4.79 Å². The average Bonchev–Trinajstić information content (AvgIpc) is 2.45. The fourth-order valence-corrected chi connectivity index (χ4v) is 1.93. The predicted molar refractivity (Wildman–Crippen MR) is 74.6 cm³/mol. The van der Waals surface area contributed by atoms with E-state index in [4.69, 9.17) is 10.4 Å². The van der Waals surface area contributed by atoms with Crippen LogP contribution in [-0.2, 0) is 4.79 Å². The van der Waals surface area contributed by atoms with Crippen LogP contribution in [0.1, 0.15) is 22.8 Å². The molecule has 6 heteroatoms. The summed E-state index contributed by atoms with van der Waals surface area (Å²) in [5.41, 5.74) is 0.947. The van der Waals surface area contributed by atoms with Crippen molar-refractivity contribution in [3.8, 4) is 6.07 Å². The van der Waals surface area contributed by atoms with E-state index in [0.29, 0.717) is 12.2 Å². The van der Waals surface area contributed by atoms with Gasteiger partial charge in [0.1, 0.15) is 6.07 Å². The molecule has 0 saturated carbocycles. The molecule has 0 spiro atoms. The standard InChI is InChI=1S/C14H17N3O3/c1-9(13(18)16-2)8-17(3)12-5-4-10(14(19)20)6-11(12)7-15/h4-6,9H,8H2,1-3H3,(H,16,18)(H,19,20). The molecular weight excluding hydrogens is 258 g/mol. The zero-order valence-corrected chi connectivity index (χ0v) is 11.7. The first-order valence-electron chi connectivity index (χ1n) is 6.10. The van der Waals surface area contributed by atoms with Gasteiger partial charge in [-0.25, -0.2) is 4.79 Å². The van der Waals surface area contributed by atoms with Gasteiger partial charge in [0.15, 0.2) is 0 Å². The second-order valence-corrected chi connectivity index (χ2v) is 4.54. The van der Waals surface area contributed by atoms with Gasteiger partial charge in [0.05, 0.1) is 22.7 Å². The molecule has 20 heavy (non-hydrogen) atoms. The molecule has 0 fully saturated rings. The van der Waals surface area contributed by atoms with Crippen LogP contribution in [0, 0.1) is 17.2 Å². The first-order chi connectivity index (χ1) is 9.40. The summed E-state index contributed by atoms with van der Waals surface area (Å²) in [5.74, 6) is -1.40. The lowest BCUT2D eigenvalue weighted by atomic mass is 10.1. The fourth-order valence-electron chi connectivity index (χ4n) is 1.93. The van der Waals surface area contributed by atoms with Gasteiger partial charge in [-0.05, 0) is 18.2 Å². The topological polar surface area (TPSA) is 93.4 Å². The minimum Gasteiger partial charge on any atom is -0.478 e. The largest absolute Gasteiger partial charge is 0.478 e. The number of anilines is 1. The van der Waals surface area contributed by atoms with Crippen LogP contribution < -0.4 is 10.2 Å². The molecule has 0 aliphatic heterocycles. The average molecular weight is 275 g/mol. The summed E-state index contributed by atoms with van der Waals surface area (Å²) in [4.78, 5) is 24.1. The highest BCUT2D eigenvalue weighted by Gasteiger charge is 2.17. The Labute approximate surface area is 117 Å². The van der Waals surface area contributed by atoms with Crippen LogP contribution in [-0.4, -0.2) is 37.6 Å². The Balaban J connectivity index is 2.99. The number of hydrogen-bond acceptors (Lipinski definition) is 4. The normalized spacial score (nSPS) is 11.3. The molecule has 6 nitrogen and oxygen atoms in total. The lowest BCUT2D eigenvalue weighted by Gasteiger charge is -2.23. The molecule has 1 rings (SSSR count). The van der Waals surface area contributed by atoms with E-state index in [0.717, 1.165) is 0 Å². The summed E-state index contributed by atoms with van der Waals surface area (Å²) in [5, 5.41) is 20.6. The van der Waals surface area contributed by atoms with Crippen molar-refractivity contribution in [1.82, 2.24) is 5.32 Å². The number of nitriles is 1. The van der Waals surface area contributed by atoms with Gasteiger partial charge in [-0.15, -0.1) is 0 Å². The van der Waals surface area contributed by atoms with E-state index in [1.165, 1.54) is 12.1 Å². The number of aromatic carboxylic acids is 1. The molecule has 1 aromatic rings. The maximum absolute atomic E-state index is 11.5. The molecule has 0 saturated heterocycles. The van der Waals surface area contributed by atoms with Gasteiger partial charge >= 0.3 is 5.97 Å². The number of amides is 1. The summed E-state index contributed by atoms with van der Waals surface area (Å²) in [7, 11) is 3.33. The van der Waals surface area contributed by atoms with Gasteiger partial charge < -0.3 is 15.3 Å². The Morgan fingerprint density at radius 3 is 2.65 bits per heavy atom. The molecule has 1 aromatic carbocycles. The third kappa shape index (κ3) is 3.48. The van der Waals surface area contributed by atoms with E-state index in [9.17, 15) is 9.59 Å². The highest BCUT2D eigenvalue weighted by Crippen LogP contribution is 2.21. The minimum absolute atomic E-state index is 0.0676. The zero-order chi connectivity index (χ0) is 15.3. The van der Waals surface area contributed by atoms with Crippen molar-refractivity contribution in [3.63, 3.8) is 0 Å². The van der Waals surface area contributed by atoms with E-state index in [1.54, 1.807) is 32.0 Å². The number of nitrogens with one attached hydrogen (secondary N) is 1. The number of benzene rings is 1. The minimum atomic E-state index is -1.07. The van der Waals surface area contributed by atoms with E-state index < -0.39 is 5.97 Å². The Bertz CT molecular complexity index is 563. The Hall–Kier alpha value is -2.55. The molecule has 0 radical (unpaired) electrons. The summed E-state index contributed by atoms with van der Waals surface area (Å²) in [6.07, 6.45) is 0. The molecule has 0 heterocycles. The van der Waals surface area contributed by atoms with Crippen LogP contribution in [0.4, 0.5) is 5.69 Å². The predicted octanol–water partition coefficient (Wildman–Crippen LogP) is 1.07. The van der Waals surface area contributed by atoms with E-state index in [2.05, 4.69) is 5.32 Å². The highest BCUT2D eigenvalue weighted by atomic mass is 16.4. The first kappa shape index (κ1) is 15.5. The van der Waals surface area contributed by atoms with Crippen LogP contribution in [0.2, 0.25) is 0 Å². The third-order valence-electron chi connectivity index (χ3n) is 3.02. The van der Waals surface area contributed by atoms with E-state index in [-0.39, 0.29) is 23.0 Å². The third-order valence-corrected chi connectivity index (χ3v) is 3.02. The highest BCUT2D eigenvalue weighted by molar-refractivity contribution is 5.89. The van der Waals surface area contributed by atoms with Crippen LogP contribution in [0.25, 0.3) is 0 Å². The van der Waals surface area contributed by atoms with Crippen LogP contribution >= 0.6 is 0 Å². The monoisotopic (exact) mass is 275 g/mol. The van der Waals surface area contributed by atoms with E-state index in [1.807, 2.05) is 6.07 Å². The SMILES string of the molecule is CNC(=O)C(C)CN(C)c1ccc(C(=O)O)cc1C#N. The van der Waals surface area contributed by atoms with Gasteiger partial charge in [-0.1, -0.05) is 6.92 Å². The molecule has 0 aliphatic rings. The quantitative estimate of drug-likeness (QED) is 0.838. The molecule has 2 N–H and O–H groups in total. The lowest BCUT2D eigenvalue weighted by molar-refractivity contribution is -0.123. The summed E-state index contributed by atoms with van der Waals surface area (Å²) in [6, 6.07) is 6.34. The first-order valence-corrected chi connectivity index (χ1v) is 6.10. The number of nitrogens with zero attached hydrogens (tertiary/aromatic N) is 2. The van der Waals surface area contributed by atoms with Crippen molar-refractivity contribution < 1.29 is 14.7 Å². The molecular formula is C14H17N3O3. The Kier molecular flexibility index (Phi) is 5.09. The lowest BCUT2D eigenvalue weighted by Crippen LogP contribution is -2.34. The summed E-state index contributed by atoms with van der Waals surface area (Å²) < 4.78 is 0. The van der Waals surface area contributed by atoms with Crippen molar-refractivity contribution in [2.45, 2.75) is 6.92 Å². The molecule has 0 aromatic heterocycles. The van der Waals surface area contributed by atoms with Crippen LogP contribution in [0.15, 0.2) is 18.2 Å². The van der Waals surface area contributed by atoms with Crippen molar-refractivity contribution in [2.75, 3.05) is 25.5 Å². The molecule has 1 atom stereocenters. The van der Waals surface area contributed by atoms with Crippen LogP contribution in [0.3, 0.4) is 0 Å². The van der Waals surface area contributed by atoms with Crippen LogP contribution in [0.5, 0.6) is 0 Å². The smallest absolute Gasteiger partial charge is 0.335 e. The van der Waals surface area contributed by atoms with Gasteiger partial charge in [0.2, 0.25) is 5.91 Å². The van der Waals surface area contributed by atoms with Gasteiger partial charge in [-0.2, -0.15) is 5.26 Å². The summed E-state index contributed by atoms with van der Waals surface area (Å²) in [6.45, 7) is 2.22. The number of carboxylic acids is 1. The van der Waals surface area contributed by atoms with Crippen molar-refractivity contribution >= 4 is 17.6 Å². The van der Waals surface area contributed by atoms with Crippen molar-refractivity contribution in [2.24, 2.45) is 5.92 Å². The number of carbonyl (C=O) groups is 2. The molecule has 1 unspecified atom stereocenters. The second-order valence-electron chi connectivity index (χ2n) is 4.54. The molecule has 0 bridgehead atoms. The number of carboxylic acid groups (broad SMARTS) is 1. The zero-order valence-electron chi connectivity index (χ0n) is 11.7. The Morgan fingerprint density at radius 2 is 2.15 bits per heavy atom. The molecule has 0 aliphatic carbocycles. The summed E-state index contributed by atoms with van der Waals surface area (Å²) >= 11 is 0. The van der Waals surface area contributed by atoms with Crippen molar-refractivity contribution in [1.29, 1.82) is 5.26 Å². The maximum atomic E-state index is 11.5. The van der Waals surface area contributed by atoms with E-state index >= 15 is 0 Å². The van der Waals surface area contributed by atoms with Gasteiger partial charge in [0.25, 0.3) is 0 Å².